The monoisotopic (exact) mass is 326 g/mol. The Bertz CT molecular complexity index is 880. The van der Waals surface area contributed by atoms with E-state index in [2.05, 4.69) is 9.97 Å². The first-order valence-corrected chi connectivity index (χ1v) is 7.47. The van der Waals surface area contributed by atoms with Gasteiger partial charge < -0.3 is 19.7 Å². The molecule has 124 valence electrons. The summed E-state index contributed by atoms with van der Waals surface area (Å²) >= 11 is 0. The van der Waals surface area contributed by atoms with Crippen molar-refractivity contribution in [2.45, 2.75) is 20.1 Å². The van der Waals surface area contributed by atoms with Crippen molar-refractivity contribution in [3.63, 3.8) is 0 Å². The number of aliphatic hydroxyl groups excluding tert-OH is 2. The van der Waals surface area contributed by atoms with E-state index in [1.54, 1.807) is 25.3 Å². The zero-order valence-electron chi connectivity index (χ0n) is 13.5. The van der Waals surface area contributed by atoms with Gasteiger partial charge >= 0.3 is 0 Å². The van der Waals surface area contributed by atoms with Crippen molar-refractivity contribution in [2.24, 2.45) is 0 Å². The number of aliphatic hydroxyl groups is 2. The predicted molar refractivity (Wildman–Crippen MR) is 89.2 cm³/mol. The summed E-state index contributed by atoms with van der Waals surface area (Å²) in [6.45, 7) is 1.60. The van der Waals surface area contributed by atoms with Crippen LogP contribution in [0.15, 0.2) is 36.7 Å². The molecular formula is C18H18N2O4. The molecule has 0 bridgehead atoms. The summed E-state index contributed by atoms with van der Waals surface area (Å²) in [4.78, 5) is 8.40. The Balaban J connectivity index is 2.06. The second-order valence-electron chi connectivity index (χ2n) is 5.37. The number of benzene rings is 2. The number of nitrogens with zero attached hydrogens (tertiary/aromatic N) is 2. The predicted octanol–water partition coefficient (Wildman–Crippen LogP) is 2.72. The number of hydrogen-bond donors (Lipinski definition) is 2. The van der Waals surface area contributed by atoms with Gasteiger partial charge in [0, 0.05) is 6.07 Å². The molecule has 1 heterocycles. The topological polar surface area (TPSA) is 84.7 Å². The Morgan fingerprint density at radius 1 is 1.00 bits per heavy atom. The van der Waals surface area contributed by atoms with Crippen molar-refractivity contribution in [3.8, 4) is 17.4 Å². The fourth-order valence-corrected chi connectivity index (χ4v) is 2.52. The average molecular weight is 326 g/mol. The Labute approximate surface area is 139 Å². The molecule has 3 aromatic rings. The highest BCUT2D eigenvalue weighted by atomic mass is 16.5. The van der Waals surface area contributed by atoms with Gasteiger partial charge in [0.1, 0.15) is 17.8 Å². The molecule has 0 unspecified atom stereocenters. The molecule has 0 aliphatic rings. The SMILES string of the molecule is COc1cc(Oc2ncnc3cc(CO)c(CO)cc23)ccc1C. The van der Waals surface area contributed by atoms with Crippen LogP contribution >= 0.6 is 0 Å². The number of rotatable bonds is 5. The minimum absolute atomic E-state index is 0.165. The molecule has 24 heavy (non-hydrogen) atoms. The van der Waals surface area contributed by atoms with Crippen LogP contribution in [-0.4, -0.2) is 27.3 Å². The molecule has 0 radical (unpaired) electrons. The molecule has 0 fully saturated rings. The van der Waals surface area contributed by atoms with Crippen LogP contribution < -0.4 is 9.47 Å². The third-order valence-electron chi connectivity index (χ3n) is 3.85. The van der Waals surface area contributed by atoms with Gasteiger partial charge in [0.2, 0.25) is 5.88 Å². The van der Waals surface area contributed by atoms with E-state index >= 15 is 0 Å². The minimum Gasteiger partial charge on any atom is -0.496 e. The zero-order chi connectivity index (χ0) is 17.1. The lowest BCUT2D eigenvalue weighted by Crippen LogP contribution is -1.98. The van der Waals surface area contributed by atoms with Crippen molar-refractivity contribution in [1.82, 2.24) is 9.97 Å². The van der Waals surface area contributed by atoms with Gasteiger partial charge in [0.25, 0.3) is 0 Å². The molecule has 0 saturated heterocycles. The molecule has 0 amide bonds. The van der Waals surface area contributed by atoms with Crippen LogP contribution in [0.25, 0.3) is 10.9 Å². The van der Waals surface area contributed by atoms with Crippen LogP contribution in [-0.2, 0) is 13.2 Å². The third-order valence-corrected chi connectivity index (χ3v) is 3.85. The number of fused-ring (bicyclic) bond motifs is 1. The molecule has 0 aliphatic heterocycles. The van der Waals surface area contributed by atoms with Crippen molar-refractivity contribution in [2.75, 3.05) is 7.11 Å². The lowest BCUT2D eigenvalue weighted by molar-refractivity contribution is 0.260. The van der Waals surface area contributed by atoms with E-state index in [1.165, 1.54) is 6.33 Å². The van der Waals surface area contributed by atoms with Gasteiger partial charge in [-0.05, 0) is 41.8 Å². The van der Waals surface area contributed by atoms with Gasteiger partial charge in [-0.15, -0.1) is 0 Å². The smallest absolute Gasteiger partial charge is 0.230 e. The van der Waals surface area contributed by atoms with Crippen molar-refractivity contribution < 1.29 is 19.7 Å². The van der Waals surface area contributed by atoms with E-state index in [1.807, 2.05) is 19.1 Å². The summed E-state index contributed by atoms with van der Waals surface area (Å²) in [6.07, 6.45) is 1.41. The normalized spacial score (nSPS) is 10.8. The van der Waals surface area contributed by atoms with Gasteiger partial charge in [-0.3, -0.25) is 0 Å². The molecule has 6 heteroatoms. The van der Waals surface area contributed by atoms with Crippen LogP contribution in [0.5, 0.6) is 17.4 Å². The van der Waals surface area contributed by atoms with E-state index in [0.29, 0.717) is 33.7 Å². The van der Waals surface area contributed by atoms with Crippen LogP contribution in [0.4, 0.5) is 0 Å². The number of aromatic nitrogens is 2. The van der Waals surface area contributed by atoms with Crippen molar-refractivity contribution in [3.05, 3.63) is 53.3 Å². The molecular weight excluding hydrogens is 308 g/mol. The summed E-state index contributed by atoms with van der Waals surface area (Å²) in [5.41, 5.74) is 2.89. The molecule has 1 aromatic heterocycles. The van der Waals surface area contributed by atoms with Gasteiger partial charge in [0.05, 0.1) is 31.2 Å². The fraction of sp³-hybridized carbons (Fsp3) is 0.222. The fourth-order valence-electron chi connectivity index (χ4n) is 2.52. The third kappa shape index (κ3) is 3.02. The van der Waals surface area contributed by atoms with Gasteiger partial charge in [0.15, 0.2) is 0 Å². The summed E-state index contributed by atoms with van der Waals surface area (Å²) in [6, 6.07) is 8.99. The Kier molecular flexibility index (Phi) is 4.59. The lowest BCUT2D eigenvalue weighted by atomic mass is 10.1. The Morgan fingerprint density at radius 3 is 2.46 bits per heavy atom. The first kappa shape index (κ1) is 16.2. The second kappa shape index (κ2) is 6.82. The molecule has 6 nitrogen and oxygen atoms in total. The van der Waals surface area contributed by atoms with Crippen LogP contribution in [0.1, 0.15) is 16.7 Å². The van der Waals surface area contributed by atoms with Gasteiger partial charge in [-0.25, -0.2) is 9.97 Å². The van der Waals surface area contributed by atoms with Crippen LogP contribution in [0.3, 0.4) is 0 Å². The highest BCUT2D eigenvalue weighted by Crippen LogP contribution is 2.31. The maximum Gasteiger partial charge on any atom is 0.230 e. The van der Waals surface area contributed by atoms with E-state index in [9.17, 15) is 10.2 Å². The second-order valence-corrected chi connectivity index (χ2v) is 5.37. The molecule has 2 N–H and O–H groups in total. The van der Waals surface area contributed by atoms with Gasteiger partial charge in [-0.2, -0.15) is 0 Å². The number of aryl methyl sites for hydroxylation is 1. The lowest BCUT2D eigenvalue weighted by Gasteiger charge is -2.12. The highest BCUT2D eigenvalue weighted by molar-refractivity contribution is 5.85. The number of ether oxygens (including phenoxy) is 2. The van der Waals surface area contributed by atoms with E-state index in [0.717, 1.165) is 11.3 Å². The Morgan fingerprint density at radius 2 is 1.75 bits per heavy atom. The quantitative estimate of drug-likeness (QED) is 0.750. The zero-order valence-corrected chi connectivity index (χ0v) is 13.5. The average Bonchev–Trinajstić information content (AvgIpc) is 2.62. The summed E-state index contributed by atoms with van der Waals surface area (Å²) in [5.74, 6) is 1.70. The van der Waals surface area contributed by atoms with Gasteiger partial charge in [-0.1, -0.05) is 6.07 Å². The van der Waals surface area contributed by atoms with Crippen LogP contribution in [0.2, 0.25) is 0 Å². The van der Waals surface area contributed by atoms with E-state index < -0.39 is 0 Å². The molecule has 2 aromatic carbocycles. The summed E-state index contributed by atoms with van der Waals surface area (Å²) in [5, 5.41) is 19.5. The maximum atomic E-state index is 9.48. The van der Waals surface area contributed by atoms with E-state index in [-0.39, 0.29) is 13.2 Å². The standard InChI is InChI=1S/C18H18N2O4/c1-11-3-4-14(7-17(11)23-2)24-18-15-5-12(8-21)13(9-22)6-16(15)19-10-20-18/h3-7,10,21-22H,8-9H2,1-2H3. The Hall–Kier alpha value is -2.70. The number of methoxy groups -OCH3 is 1. The van der Waals surface area contributed by atoms with Crippen LogP contribution in [0, 0.1) is 6.92 Å². The summed E-state index contributed by atoms with van der Waals surface area (Å²) in [7, 11) is 1.61. The number of hydrogen-bond acceptors (Lipinski definition) is 6. The van der Waals surface area contributed by atoms with E-state index in [4.69, 9.17) is 9.47 Å². The molecule has 3 rings (SSSR count). The maximum absolute atomic E-state index is 9.48. The summed E-state index contributed by atoms with van der Waals surface area (Å²) < 4.78 is 11.2. The minimum atomic E-state index is -0.182. The van der Waals surface area contributed by atoms with Crippen molar-refractivity contribution in [1.29, 1.82) is 0 Å². The largest absolute Gasteiger partial charge is 0.496 e. The van der Waals surface area contributed by atoms with Crippen molar-refractivity contribution >= 4 is 10.9 Å². The molecule has 0 atom stereocenters. The first-order chi connectivity index (χ1) is 11.7. The molecule has 0 saturated carbocycles. The molecule has 0 spiro atoms. The highest BCUT2D eigenvalue weighted by Gasteiger charge is 2.11. The first-order valence-electron chi connectivity index (χ1n) is 7.47. The molecule has 0 aliphatic carbocycles.